The smallest absolute Gasteiger partial charge is 0.460 e. The summed E-state index contributed by atoms with van der Waals surface area (Å²) in [5.41, 5.74) is 6.36. The van der Waals surface area contributed by atoms with Gasteiger partial charge >= 0.3 is 19.0 Å². The van der Waals surface area contributed by atoms with E-state index in [9.17, 15) is 22.1 Å². The fourth-order valence-electron chi connectivity index (χ4n) is 3.58. The topological polar surface area (TPSA) is 43.1 Å². The standard InChI is InChI=1S/C27H25N2O2.BF4/c1-4-31-27(30)25-18-23(21-15-13-19(2)14-16-21)17-24(22-10-6-5-7-11-22)29(25)26-12-8-9-20(3)28-26;2-1(3,4)5/h5-18H,4H2,1-3H3;/q+1;-1. The van der Waals surface area contributed by atoms with Gasteiger partial charge in [-0.1, -0.05) is 60.2 Å². The van der Waals surface area contributed by atoms with Crippen LogP contribution in [-0.4, -0.2) is 24.8 Å². The lowest BCUT2D eigenvalue weighted by Crippen LogP contribution is -2.42. The summed E-state index contributed by atoms with van der Waals surface area (Å²) in [6, 6.07) is 28.1. The first-order chi connectivity index (χ1) is 17.1. The average Bonchev–Trinajstić information content (AvgIpc) is 2.83. The van der Waals surface area contributed by atoms with E-state index >= 15 is 0 Å². The van der Waals surface area contributed by atoms with E-state index in [-0.39, 0.29) is 5.97 Å². The number of carbonyl (C=O) groups excluding carboxylic acids is 1. The van der Waals surface area contributed by atoms with Crippen LogP contribution in [0.3, 0.4) is 0 Å². The van der Waals surface area contributed by atoms with Gasteiger partial charge in [0, 0.05) is 24.6 Å². The van der Waals surface area contributed by atoms with Gasteiger partial charge in [0.15, 0.2) is 0 Å². The molecular weight excluding hydrogens is 471 g/mol. The largest absolute Gasteiger partial charge is 0.673 e. The Morgan fingerprint density at radius 3 is 2.06 bits per heavy atom. The molecule has 0 saturated heterocycles. The highest BCUT2D eigenvalue weighted by Gasteiger charge is 2.27. The van der Waals surface area contributed by atoms with Crippen molar-refractivity contribution in [2.24, 2.45) is 0 Å². The molecule has 0 unspecified atom stereocenters. The van der Waals surface area contributed by atoms with Crippen molar-refractivity contribution in [2.45, 2.75) is 20.8 Å². The zero-order valence-electron chi connectivity index (χ0n) is 20.1. The van der Waals surface area contributed by atoms with Gasteiger partial charge in [-0.25, -0.2) is 4.79 Å². The van der Waals surface area contributed by atoms with E-state index in [1.807, 2.05) is 73.0 Å². The molecule has 0 radical (unpaired) electrons. The quantitative estimate of drug-likeness (QED) is 0.132. The van der Waals surface area contributed by atoms with Crippen LogP contribution in [0.5, 0.6) is 0 Å². The number of carbonyl (C=O) groups is 1. The lowest BCUT2D eigenvalue weighted by atomic mass is 10.00. The zero-order chi connectivity index (χ0) is 26.3. The van der Waals surface area contributed by atoms with Gasteiger partial charge in [0.1, 0.15) is 11.4 Å². The van der Waals surface area contributed by atoms with Crippen molar-refractivity contribution < 1.29 is 31.4 Å². The summed E-state index contributed by atoms with van der Waals surface area (Å²) in [5.74, 6) is 0.300. The van der Waals surface area contributed by atoms with Crippen molar-refractivity contribution >= 4 is 13.2 Å². The number of hydrogen-bond acceptors (Lipinski definition) is 3. The molecule has 186 valence electrons. The molecule has 0 spiro atoms. The first-order valence-corrected chi connectivity index (χ1v) is 11.3. The third-order valence-corrected chi connectivity index (χ3v) is 5.11. The Kier molecular flexibility index (Phi) is 8.58. The zero-order valence-corrected chi connectivity index (χ0v) is 20.1. The van der Waals surface area contributed by atoms with E-state index in [1.165, 1.54) is 5.56 Å². The normalized spacial score (nSPS) is 10.9. The summed E-state index contributed by atoms with van der Waals surface area (Å²) >= 11 is 0. The lowest BCUT2D eigenvalue weighted by molar-refractivity contribution is -0.591. The molecule has 4 aromatic rings. The van der Waals surface area contributed by atoms with Gasteiger partial charge in [-0.15, -0.1) is 0 Å². The van der Waals surface area contributed by atoms with Crippen LogP contribution >= 0.6 is 0 Å². The third kappa shape index (κ3) is 7.25. The van der Waals surface area contributed by atoms with Crippen molar-refractivity contribution in [3.05, 3.63) is 102 Å². The predicted octanol–water partition coefficient (Wildman–Crippen LogP) is 6.79. The predicted molar refractivity (Wildman–Crippen MR) is 132 cm³/mol. The van der Waals surface area contributed by atoms with Crippen LogP contribution in [0.2, 0.25) is 0 Å². The number of rotatable bonds is 5. The maximum Gasteiger partial charge on any atom is 0.673 e. The number of esters is 1. The van der Waals surface area contributed by atoms with Gasteiger partial charge in [0.2, 0.25) is 5.69 Å². The molecule has 0 N–H and O–H groups in total. The lowest BCUT2D eigenvalue weighted by Gasteiger charge is -2.14. The van der Waals surface area contributed by atoms with Gasteiger partial charge in [-0.3, -0.25) is 0 Å². The van der Waals surface area contributed by atoms with Crippen molar-refractivity contribution in [1.82, 2.24) is 4.98 Å². The fraction of sp³-hybridized carbons (Fsp3) is 0.148. The number of nitrogens with zero attached hydrogens (tertiary/aromatic N) is 2. The van der Waals surface area contributed by atoms with E-state index in [0.29, 0.717) is 18.1 Å². The van der Waals surface area contributed by atoms with Crippen molar-refractivity contribution in [1.29, 1.82) is 0 Å². The minimum absolute atomic E-state index is 0.301. The van der Waals surface area contributed by atoms with E-state index in [1.54, 1.807) is 0 Å². The molecule has 0 atom stereocenters. The van der Waals surface area contributed by atoms with Crippen LogP contribution in [-0.2, 0) is 4.74 Å². The molecule has 0 bridgehead atoms. The minimum atomic E-state index is -6.00. The number of aromatic nitrogens is 2. The molecule has 0 fully saturated rings. The maximum absolute atomic E-state index is 13.1. The van der Waals surface area contributed by atoms with Gasteiger partial charge < -0.3 is 22.0 Å². The first kappa shape index (κ1) is 26.6. The van der Waals surface area contributed by atoms with Crippen LogP contribution in [0.4, 0.5) is 17.3 Å². The summed E-state index contributed by atoms with van der Waals surface area (Å²) in [4.78, 5) is 17.8. The second-order valence-corrected chi connectivity index (χ2v) is 7.93. The van der Waals surface area contributed by atoms with E-state index < -0.39 is 7.25 Å². The molecule has 4 nitrogen and oxygen atoms in total. The molecule has 2 aromatic carbocycles. The molecule has 0 amide bonds. The molecule has 0 aliphatic rings. The summed E-state index contributed by atoms with van der Waals surface area (Å²) < 4.78 is 46.3. The molecule has 4 rings (SSSR count). The number of aryl methyl sites for hydroxylation is 2. The van der Waals surface area contributed by atoms with Crippen LogP contribution in [0.15, 0.2) is 84.9 Å². The molecule has 0 aliphatic heterocycles. The van der Waals surface area contributed by atoms with E-state index in [4.69, 9.17) is 9.72 Å². The summed E-state index contributed by atoms with van der Waals surface area (Å²) in [7, 11) is -6.00. The van der Waals surface area contributed by atoms with Gasteiger partial charge in [-0.05, 0) is 48.2 Å². The van der Waals surface area contributed by atoms with Crippen LogP contribution < -0.4 is 4.57 Å². The monoisotopic (exact) mass is 496 g/mol. The summed E-state index contributed by atoms with van der Waals surface area (Å²) in [6.45, 7) is 6.12. The van der Waals surface area contributed by atoms with Gasteiger partial charge in [0.25, 0.3) is 0 Å². The molecule has 2 heterocycles. The Morgan fingerprint density at radius 1 is 0.833 bits per heavy atom. The Hall–Kier alpha value is -4.01. The SMILES string of the molecule is CCOC(=O)c1cc(-c2ccc(C)cc2)cc(-c2ccccc2)[n+]1-c1cccc(C)n1.F[B-](F)(F)F. The highest BCUT2D eigenvalue weighted by Crippen LogP contribution is 2.27. The van der Waals surface area contributed by atoms with Crippen molar-refractivity contribution in [2.75, 3.05) is 6.61 Å². The molecule has 9 heteroatoms. The number of hydrogen-bond donors (Lipinski definition) is 0. The number of ether oxygens (including phenoxy) is 1. The molecule has 36 heavy (non-hydrogen) atoms. The molecular formula is C27H25BF4N2O2. The highest BCUT2D eigenvalue weighted by atomic mass is 19.5. The highest BCUT2D eigenvalue weighted by molar-refractivity contribution is 6.50. The van der Waals surface area contributed by atoms with Crippen LogP contribution in [0.1, 0.15) is 28.7 Å². The van der Waals surface area contributed by atoms with Crippen LogP contribution in [0, 0.1) is 13.8 Å². The summed E-state index contributed by atoms with van der Waals surface area (Å²) in [5, 5.41) is 0. The Bertz CT molecular complexity index is 1320. The van der Waals surface area contributed by atoms with Gasteiger partial charge in [-0.2, -0.15) is 4.57 Å². The second kappa shape index (κ2) is 11.6. The summed E-state index contributed by atoms with van der Waals surface area (Å²) in [6.07, 6.45) is 0. The maximum atomic E-state index is 13.1. The first-order valence-electron chi connectivity index (χ1n) is 11.3. The Morgan fingerprint density at radius 2 is 1.47 bits per heavy atom. The Labute approximate surface area is 207 Å². The van der Waals surface area contributed by atoms with Gasteiger partial charge in [0.05, 0.1) is 6.61 Å². The average molecular weight is 496 g/mol. The Balaban J connectivity index is 0.000000658. The number of benzene rings is 2. The minimum Gasteiger partial charge on any atom is -0.460 e. The molecule has 0 aliphatic carbocycles. The van der Waals surface area contributed by atoms with E-state index in [0.717, 1.165) is 28.1 Å². The van der Waals surface area contributed by atoms with Crippen LogP contribution in [0.25, 0.3) is 28.2 Å². The van der Waals surface area contributed by atoms with Crippen molar-refractivity contribution in [3.63, 3.8) is 0 Å². The number of halogens is 4. The molecule has 0 saturated carbocycles. The molecule has 2 aromatic heterocycles. The third-order valence-electron chi connectivity index (χ3n) is 5.11. The fourth-order valence-corrected chi connectivity index (χ4v) is 3.58. The van der Waals surface area contributed by atoms with E-state index in [2.05, 4.69) is 37.3 Å². The second-order valence-electron chi connectivity index (χ2n) is 7.93. The number of pyridine rings is 2. The van der Waals surface area contributed by atoms with Crippen molar-refractivity contribution in [3.8, 4) is 28.2 Å².